The van der Waals surface area contributed by atoms with Crippen molar-refractivity contribution in [1.29, 1.82) is 0 Å². The molecule has 0 spiro atoms. The van der Waals surface area contributed by atoms with Gasteiger partial charge in [-0.05, 0) is 34.4 Å². The summed E-state index contributed by atoms with van der Waals surface area (Å²) >= 11 is 0. The summed E-state index contributed by atoms with van der Waals surface area (Å²) in [6, 6.07) is 20.4. The highest BCUT2D eigenvalue weighted by atomic mass is 16.5. The van der Waals surface area contributed by atoms with Gasteiger partial charge < -0.3 is 25.2 Å². The predicted octanol–water partition coefficient (Wildman–Crippen LogP) is 4.26. The minimum absolute atomic E-state index is 0.0366. The monoisotopic (exact) mass is 460 g/mol. The van der Waals surface area contributed by atoms with Gasteiger partial charge >= 0.3 is 12.1 Å². The molecule has 3 aromatic carbocycles. The Morgan fingerprint density at radius 3 is 2.21 bits per heavy atom. The number of fused-ring (bicyclic) bond motifs is 3. The van der Waals surface area contributed by atoms with E-state index in [1.54, 1.807) is 0 Å². The highest BCUT2D eigenvalue weighted by molar-refractivity contribution is 6.01. The Hall–Kier alpha value is -4.33. The number of amides is 2. The van der Waals surface area contributed by atoms with Gasteiger partial charge in [-0.3, -0.25) is 4.79 Å². The fourth-order valence-corrected chi connectivity index (χ4v) is 4.08. The summed E-state index contributed by atoms with van der Waals surface area (Å²) in [5.74, 6) is -1.26. The van der Waals surface area contributed by atoms with Crippen LogP contribution in [0.3, 0.4) is 0 Å². The van der Waals surface area contributed by atoms with Gasteiger partial charge in [-0.15, -0.1) is 0 Å². The molecule has 1 aliphatic rings. The molecule has 34 heavy (non-hydrogen) atoms. The Kier molecular flexibility index (Phi) is 6.77. The van der Waals surface area contributed by atoms with Crippen LogP contribution in [0.25, 0.3) is 11.1 Å². The second-order valence-corrected chi connectivity index (χ2v) is 7.77. The number of ether oxygens (including phenoxy) is 2. The van der Waals surface area contributed by atoms with Gasteiger partial charge in [-0.2, -0.15) is 0 Å². The van der Waals surface area contributed by atoms with Crippen molar-refractivity contribution in [3.8, 4) is 16.9 Å². The van der Waals surface area contributed by atoms with Gasteiger partial charge in [0, 0.05) is 24.9 Å². The molecule has 0 saturated carbocycles. The average molecular weight is 460 g/mol. The number of carboxylic acids is 1. The van der Waals surface area contributed by atoms with Gasteiger partial charge in [0.2, 0.25) is 5.91 Å². The number of carbonyl (C=O) groups is 3. The summed E-state index contributed by atoms with van der Waals surface area (Å²) in [5, 5.41) is 14.4. The van der Waals surface area contributed by atoms with Gasteiger partial charge in [0.15, 0.2) is 0 Å². The maximum Gasteiger partial charge on any atom is 0.407 e. The first-order valence-corrected chi connectivity index (χ1v) is 10.8. The molecule has 8 heteroatoms. The number of hydrogen-bond donors (Lipinski definition) is 3. The minimum Gasteiger partial charge on any atom is -0.497 e. The summed E-state index contributed by atoms with van der Waals surface area (Å²) in [7, 11) is 1.44. The largest absolute Gasteiger partial charge is 0.497 e. The topological polar surface area (TPSA) is 114 Å². The Balaban J connectivity index is 1.29. The molecule has 0 saturated heterocycles. The van der Waals surface area contributed by atoms with Crippen LogP contribution in [0.2, 0.25) is 0 Å². The smallest absolute Gasteiger partial charge is 0.407 e. The van der Waals surface area contributed by atoms with Crippen LogP contribution in [0.15, 0.2) is 66.7 Å². The molecule has 0 fully saturated rings. The molecular formula is C26H24N2O6. The SMILES string of the molecule is COc1ccc(C(=O)O)c(NC(=O)CCNC(=O)OCC2c3ccccc3-c3ccccc32)c1. The first kappa shape index (κ1) is 22.8. The zero-order chi connectivity index (χ0) is 24.1. The molecule has 8 nitrogen and oxygen atoms in total. The van der Waals surface area contributed by atoms with Crippen LogP contribution in [0.4, 0.5) is 10.5 Å². The standard InChI is InChI=1S/C26H24N2O6/c1-33-16-10-11-21(25(30)31)23(14-16)28-24(29)12-13-27-26(32)34-15-22-19-8-4-2-6-17(19)18-7-3-5-9-20(18)22/h2-11,14,22H,12-13,15H2,1H3,(H,27,32)(H,28,29)(H,30,31). The van der Waals surface area contributed by atoms with Crippen molar-refractivity contribution in [2.75, 3.05) is 25.6 Å². The number of hydrogen-bond acceptors (Lipinski definition) is 5. The van der Waals surface area contributed by atoms with E-state index in [2.05, 4.69) is 22.8 Å². The summed E-state index contributed by atoms with van der Waals surface area (Å²) in [6.45, 7) is 0.215. The van der Waals surface area contributed by atoms with Crippen LogP contribution >= 0.6 is 0 Å². The van der Waals surface area contributed by atoms with Crippen LogP contribution < -0.4 is 15.4 Å². The van der Waals surface area contributed by atoms with E-state index in [9.17, 15) is 19.5 Å². The number of aromatic carboxylic acids is 1. The van der Waals surface area contributed by atoms with Gasteiger partial charge in [0.25, 0.3) is 0 Å². The molecule has 0 bridgehead atoms. The van der Waals surface area contributed by atoms with Crippen molar-refractivity contribution in [3.63, 3.8) is 0 Å². The molecule has 3 N–H and O–H groups in total. The zero-order valence-corrected chi connectivity index (χ0v) is 18.5. The number of carboxylic acid groups (broad SMARTS) is 1. The molecule has 3 aromatic rings. The van der Waals surface area contributed by atoms with Crippen LogP contribution in [-0.4, -0.2) is 43.3 Å². The molecular weight excluding hydrogens is 436 g/mol. The molecule has 0 unspecified atom stereocenters. The van der Waals surface area contributed by atoms with E-state index >= 15 is 0 Å². The van der Waals surface area contributed by atoms with Crippen molar-refractivity contribution < 1.29 is 29.0 Å². The molecule has 0 radical (unpaired) electrons. The number of benzene rings is 3. The Morgan fingerprint density at radius 2 is 1.59 bits per heavy atom. The number of nitrogens with one attached hydrogen (secondary N) is 2. The lowest BCUT2D eigenvalue weighted by atomic mass is 9.98. The third kappa shape index (κ3) is 4.85. The van der Waals surface area contributed by atoms with Gasteiger partial charge in [0.1, 0.15) is 12.4 Å². The number of alkyl carbamates (subject to hydrolysis) is 1. The lowest BCUT2D eigenvalue weighted by Crippen LogP contribution is -2.29. The van der Waals surface area contributed by atoms with E-state index in [-0.39, 0.29) is 36.7 Å². The summed E-state index contributed by atoms with van der Waals surface area (Å²) in [6.07, 6.45) is -0.678. The average Bonchev–Trinajstić information content (AvgIpc) is 3.16. The molecule has 0 atom stereocenters. The first-order valence-electron chi connectivity index (χ1n) is 10.8. The third-order valence-electron chi connectivity index (χ3n) is 5.70. The van der Waals surface area contributed by atoms with E-state index in [4.69, 9.17) is 9.47 Å². The third-order valence-corrected chi connectivity index (χ3v) is 5.70. The van der Waals surface area contributed by atoms with Gasteiger partial charge in [-0.1, -0.05) is 48.5 Å². The lowest BCUT2D eigenvalue weighted by Gasteiger charge is -2.14. The molecule has 0 aliphatic heterocycles. The van der Waals surface area contributed by atoms with E-state index in [0.29, 0.717) is 5.75 Å². The highest BCUT2D eigenvalue weighted by Gasteiger charge is 2.29. The van der Waals surface area contributed by atoms with Crippen molar-refractivity contribution in [3.05, 3.63) is 83.4 Å². The Bertz CT molecular complexity index is 1190. The maximum absolute atomic E-state index is 12.3. The number of carbonyl (C=O) groups excluding carboxylic acids is 2. The predicted molar refractivity (Wildman–Crippen MR) is 126 cm³/mol. The quantitative estimate of drug-likeness (QED) is 0.463. The maximum atomic E-state index is 12.3. The normalized spacial score (nSPS) is 11.8. The highest BCUT2D eigenvalue weighted by Crippen LogP contribution is 2.44. The van der Waals surface area contributed by atoms with E-state index in [1.165, 1.54) is 25.3 Å². The molecule has 2 amide bonds. The van der Waals surface area contributed by atoms with Gasteiger partial charge in [-0.25, -0.2) is 9.59 Å². The summed E-state index contributed by atoms with van der Waals surface area (Å²) < 4.78 is 10.5. The van der Waals surface area contributed by atoms with Gasteiger partial charge in [0.05, 0.1) is 18.4 Å². The number of anilines is 1. The van der Waals surface area contributed by atoms with Crippen molar-refractivity contribution in [1.82, 2.24) is 5.32 Å². The number of methoxy groups -OCH3 is 1. The summed E-state index contributed by atoms with van der Waals surface area (Å²) in [5.41, 5.74) is 4.58. The molecule has 174 valence electrons. The number of rotatable bonds is 8. The van der Waals surface area contributed by atoms with Crippen molar-refractivity contribution in [2.45, 2.75) is 12.3 Å². The van der Waals surface area contributed by atoms with E-state index in [0.717, 1.165) is 22.3 Å². The van der Waals surface area contributed by atoms with Crippen LogP contribution in [0.1, 0.15) is 33.8 Å². The lowest BCUT2D eigenvalue weighted by molar-refractivity contribution is -0.116. The van der Waals surface area contributed by atoms with Crippen LogP contribution in [0.5, 0.6) is 5.75 Å². The van der Waals surface area contributed by atoms with Crippen LogP contribution in [0, 0.1) is 0 Å². The fraction of sp³-hybridized carbons (Fsp3) is 0.192. The first-order chi connectivity index (χ1) is 16.5. The molecule has 4 rings (SSSR count). The van der Waals surface area contributed by atoms with Crippen molar-refractivity contribution in [2.24, 2.45) is 0 Å². The molecule has 0 aromatic heterocycles. The van der Waals surface area contributed by atoms with E-state index in [1.807, 2.05) is 36.4 Å². The Labute approximate surface area is 196 Å². The van der Waals surface area contributed by atoms with E-state index < -0.39 is 18.0 Å². The second-order valence-electron chi connectivity index (χ2n) is 7.77. The minimum atomic E-state index is -1.17. The molecule has 1 aliphatic carbocycles. The summed E-state index contributed by atoms with van der Waals surface area (Å²) in [4.78, 5) is 35.9. The second kappa shape index (κ2) is 10.1. The van der Waals surface area contributed by atoms with Crippen molar-refractivity contribution >= 4 is 23.7 Å². The zero-order valence-electron chi connectivity index (χ0n) is 18.5. The molecule has 0 heterocycles. The fourth-order valence-electron chi connectivity index (χ4n) is 4.08. The van der Waals surface area contributed by atoms with Crippen LogP contribution in [-0.2, 0) is 9.53 Å². The Morgan fingerprint density at radius 1 is 0.941 bits per heavy atom.